The molecule has 3 nitrogen and oxygen atoms in total. The van der Waals surface area contributed by atoms with Crippen LogP contribution in [0.5, 0.6) is 0 Å². The Bertz CT molecular complexity index is 1050. The number of carbonyl (C=O) groups is 1. The Labute approximate surface area is 149 Å². The van der Waals surface area contributed by atoms with Gasteiger partial charge in [0.1, 0.15) is 0 Å². The third kappa shape index (κ3) is 3.14. The number of benzene rings is 3. The van der Waals surface area contributed by atoms with Crippen LogP contribution in [0.2, 0.25) is 0 Å². The topological polar surface area (TPSA) is 49.3 Å². The van der Waals surface area contributed by atoms with Crippen LogP contribution in [0.3, 0.4) is 0 Å². The van der Waals surface area contributed by atoms with Crippen molar-refractivity contribution >= 4 is 38.1 Å². The highest BCUT2D eigenvalue weighted by molar-refractivity contribution is 7.17. The average Bonchev–Trinajstić information content (AvgIpc) is 3.09. The lowest BCUT2D eigenvalue weighted by atomic mass is 10.1. The maximum Gasteiger partial charge on any atom is 0.251 e. The number of thiophene rings is 1. The molecule has 0 bridgehead atoms. The fourth-order valence-electron chi connectivity index (χ4n) is 2.99. The normalized spacial score (nSPS) is 12.4. The van der Waals surface area contributed by atoms with Gasteiger partial charge in [-0.15, -0.1) is 11.3 Å². The van der Waals surface area contributed by atoms with E-state index in [1.165, 1.54) is 0 Å². The van der Waals surface area contributed by atoms with E-state index in [1.807, 2.05) is 72.1 Å². The lowest BCUT2D eigenvalue weighted by Crippen LogP contribution is -2.28. The van der Waals surface area contributed by atoms with Crippen LogP contribution in [-0.4, -0.2) is 17.6 Å². The molecule has 124 valence electrons. The molecule has 3 aromatic carbocycles. The number of aliphatic hydroxyl groups excluding tert-OH is 1. The van der Waals surface area contributed by atoms with E-state index in [9.17, 15) is 9.90 Å². The molecule has 4 aromatic rings. The van der Waals surface area contributed by atoms with E-state index in [0.717, 1.165) is 26.4 Å². The second-order valence-electron chi connectivity index (χ2n) is 5.97. The van der Waals surface area contributed by atoms with Crippen LogP contribution in [0.25, 0.3) is 20.9 Å². The molecule has 0 aliphatic heterocycles. The Morgan fingerprint density at radius 2 is 1.76 bits per heavy atom. The van der Waals surface area contributed by atoms with Crippen molar-refractivity contribution in [2.75, 3.05) is 6.54 Å². The first-order valence-corrected chi connectivity index (χ1v) is 9.01. The number of amides is 1. The molecule has 2 N–H and O–H groups in total. The van der Waals surface area contributed by atoms with E-state index in [4.69, 9.17) is 0 Å². The van der Waals surface area contributed by atoms with Gasteiger partial charge in [-0.3, -0.25) is 4.79 Å². The first-order chi connectivity index (χ1) is 12.2. The molecule has 1 aromatic heterocycles. The smallest absolute Gasteiger partial charge is 0.251 e. The average molecular weight is 347 g/mol. The molecule has 25 heavy (non-hydrogen) atoms. The quantitative estimate of drug-likeness (QED) is 0.570. The van der Waals surface area contributed by atoms with Crippen molar-refractivity contribution in [3.63, 3.8) is 0 Å². The highest BCUT2D eigenvalue weighted by atomic mass is 32.1. The molecule has 1 amide bonds. The molecule has 0 radical (unpaired) electrons. The lowest BCUT2D eigenvalue weighted by molar-refractivity contribution is 0.0917. The van der Waals surface area contributed by atoms with Crippen LogP contribution in [0.1, 0.15) is 22.0 Å². The Hall–Kier alpha value is -2.69. The molecule has 0 saturated carbocycles. The maximum absolute atomic E-state index is 12.4. The standard InChI is InChI=1S/C21H17NO2S/c23-19(18-13-25-20-8-4-3-7-17(18)20)12-22-21(24)16-10-9-14-5-1-2-6-15(14)11-16/h1-11,13,19,23H,12H2,(H,22,24). The van der Waals surface area contributed by atoms with Crippen molar-refractivity contribution in [3.05, 3.63) is 83.2 Å². The van der Waals surface area contributed by atoms with Crippen LogP contribution < -0.4 is 5.32 Å². The van der Waals surface area contributed by atoms with Gasteiger partial charge >= 0.3 is 0 Å². The number of hydrogen-bond donors (Lipinski definition) is 2. The van der Waals surface area contributed by atoms with Crippen molar-refractivity contribution in [1.82, 2.24) is 5.32 Å². The molecule has 4 rings (SSSR count). The molecule has 0 saturated heterocycles. The first kappa shape index (κ1) is 15.8. The predicted molar refractivity (Wildman–Crippen MR) is 103 cm³/mol. The SMILES string of the molecule is O=C(NCC(O)c1csc2ccccc12)c1ccc2ccccc2c1. The summed E-state index contributed by atoms with van der Waals surface area (Å²) in [6.45, 7) is 0.187. The van der Waals surface area contributed by atoms with Gasteiger partial charge in [-0.05, 0) is 39.7 Å². The predicted octanol–water partition coefficient (Wildman–Crippen LogP) is 4.52. The van der Waals surface area contributed by atoms with Crippen molar-refractivity contribution in [2.45, 2.75) is 6.10 Å². The van der Waals surface area contributed by atoms with Crippen molar-refractivity contribution in [3.8, 4) is 0 Å². The zero-order chi connectivity index (χ0) is 17.2. The number of fused-ring (bicyclic) bond motifs is 2. The van der Waals surface area contributed by atoms with Gasteiger partial charge < -0.3 is 10.4 Å². The minimum atomic E-state index is -0.722. The summed E-state index contributed by atoms with van der Waals surface area (Å²) >= 11 is 1.60. The lowest BCUT2D eigenvalue weighted by Gasteiger charge is -2.12. The van der Waals surface area contributed by atoms with Gasteiger partial charge in [0, 0.05) is 22.4 Å². The minimum Gasteiger partial charge on any atom is -0.387 e. The fourth-order valence-corrected chi connectivity index (χ4v) is 4.00. The molecule has 0 aliphatic carbocycles. The van der Waals surface area contributed by atoms with Crippen molar-refractivity contribution in [2.24, 2.45) is 0 Å². The van der Waals surface area contributed by atoms with Crippen LogP contribution in [0.15, 0.2) is 72.1 Å². The second-order valence-corrected chi connectivity index (χ2v) is 6.89. The maximum atomic E-state index is 12.4. The van der Waals surface area contributed by atoms with Gasteiger partial charge in [0.2, 0.25) is 0 Å². The van der Waals surface area contributed by atoms with Crippen LogP contribution in [0, 0.1) is 0 Å². The molecule has 0 spiro atoms. The highest BCUT2D eigenvalue weighted by Gasteiger charge is 2.15. The summed E-state index contributed by atoms with van der Waals surface area (Å²) in [5, 5.41) is 18.4. The van der Waals surface area contributed by atoms with Gasteiger partial charge in [0.25, 0.3) is 5.91 Å². The van der Waals surface area contributed by atoms with Crippen LogP contribution in [-0.2, 0) is 0 Å². The van der Waals surface area contributed by atoms with Gasteiger partial charge in [-0.2, -0.15) is 0 Å². The Morgan fingerprint density at radius 1 is 1.00 bits per heavy atom. The largest absolute Gasteiger partial charge is 0.387 e. The number of hydrogen-bond acceptors (Lipinski definition) is 3. The zero-order valence-electron chi connectivity index (χ0n) is 13.5. The Balaban J connectivity index is 1.49. The third-order valence-corrected chi connectivity index (χ3v) is 5.32. The molecule has 1 unspecified atom stereocenters. The molecule has 4 heteroatoms. The molecule has 1 atom stereocenters. The number of nitrogens with one attached hydrogen (secondary N) is 1. The third-order valence-electron chi connectivity index (χ3n) is 4.34. The van der Waals surface area contributed by atoms with Gasteiger partial charge in [0.05, 0.1) is 6.10 Å². The zero-order valence-corrected chi connectivity index (χ0v) is 14.3. The molecule has 0 fully saturated rings. The summed E-state index contributed by atoms with van der Waals surface area (Å²) in [6, 6.07) is 21.5. The highest BCUT2D eigenvalue weighted by Crippen LogP contribution is 2.29. The van der Waals surface area contributed by atoms with E-state index in [-0.39, 0.29) is 12.5 Å². The van der Waals surface area contributed by atoms with Gasteiger partial charge in [0.15, 0.2) is 0 Å². The fraction of sp³-hybridized carbons (Fsp3) is 0.0952. The monoisotopic (exact) mass is 347 g/mol. The minimum absolute atomic E-state index is 0.177. The van der Waals surface area contributed by atoms with E-state index in [0.29, 0.717) is 5.56 Å². The first-order valence-electron chi connectivity index (χ1n) is 8.13. The van der Waals surface area contributed by atoms with Crippen LogP contribution >= 0.6 is 11.3 Å². The molecular weight excluding hydrogens is 330 g/mol. The Morgan fingerprint density at radius 3 is 2.64 bits per heavy atom. The number of carbonyl (C=O) groups excluding carboxylic acids is 1. The summed E-state index contributed by atoms with van der Waals surface area (Å²) in [6.07, 6.45) is -0.722. The summed E-state index contributed by atoms with van der Waals surface area (Å²) < 4.78 is 1.14. The summed E-state index contributed by atoms with van der Waals surface area (Å²) in [4.78, 5) is 12.4. The van der Waals surface area contributed by atoms with E-state index in [2.05, 4.69) is 5.32 Å². The summed E-state index contributed by atoms with van der Waals surface area (Å²) in [5.74, 6) is -0.177. The Kier molecular flexibility index (Phi) is 4.22. The second kappa shape index (κ2) is 6.67. The van der Waals surface area contributed by atoms with Crippen LogP contribution in [0.4, 0.5) is 0 Å². The van der Waals surface area contributed by atoms with Gasteiger partial charge in [-0.25, -0.2) is 0 Å². The summed E-state index contributed by atoms with van der Waals surface area (Å²) in [7, 11) is 0. The number of aliphatic hydroxyl groups is 1. The van der Waals surface area contributed by atoms with Gasteiger partial charge in [-0.1, -0.05) is 48.5 Å². The van der Waals surface area contributed by atoms with Crippen molar-refractivity contribution in [1.29, 1.82) is 0 Å². The van der Waals surface area contributed by atoms with Crippen molar-refractivity contribution < 1.29 is 9.90 Å². The summed E-state index contributed by atoms with van der Waals surface area (Å²) in [5.41, 5.74) is 1.46. The van der Waals surface area contributed by atoms with E-state index in [1.54, 1.807) is 11.3 Å². The molecule has 0 aliphatic rings. The number of rotatable bonds is 4. The van der Waals surface area contributed by atoms with E-state index < -0.39 is 6.10 Å². The molecule has 1 heterocycles. The molecular formula is C21H17NO2S. The van der Waals surface area contributed by atoms with E-state index >= 15 is 0 Å².